The normalized spacial score (nSPS) is 17.6. The maximum absolute atomic E-state index is 13.1. The summed E-state index contributed by atoms with van der Waals surface area (Å²) in [5, 5.41) is 3.67. The van der Waals surface area contributed by atoms with Gasteiger partial charge >= 0.3 is 0 Å². The summed E-state index contributed by atoms with van der Waals surface area (Å²) < 4.78 is 13.1. The van der Waals surface area contributed by atoms with Crippen molar-refractivity contribution in [3.8, 4) is 11.3 Å². The first-order valence-electron chi connectivity index (χ1n) is 7.83. The van der Waals surface area contributed by atoms with Crippen LogP contribution in [0.5, 0.6) is 0 Å². The first kappa shape index (κ1) is 16.6. The zero-order chi connectivity index (χ0) is 17.1. The summed E-state index contributed by atoms with van der Waals surface area (Å²) >= 11 is 6.18. The molecule has 1 aromatic carbocycles. The maximum atomic E-state index is 13.1. The zero-order valence-corrected chi connectivity index (χ0v) is 14.1. The third-order valence-electron chi connectivity index (χ3n) is 4.06. The summed E-state index contributed by atoms with van der Waals surface area (Å²) in [4.78, 5) is 22.0. The van der Waals surface area contributed by atoms with E-state index in [9.17, 15) is 9.18 Å². The SMILES string of the molecule is CC(=O)N1CCCC(Nc2ncc(Cl)c(-c3ccc(F)cc3)n2)C1. The standard InChI is InChI=1S/C17H18ClFN4O/c1-11(24)23-8-2-3-14(10-23)21-17-20-9-15(18)16(22-17)12-4-6-13(19)7-5-12/h4-7,9,14H,2-3,8,10H2,1H3,(H,20,21,22). The number of nitrogens with zero attached hydrogens (tertiary/aromatic N) is 3. The van der Waals surface area contributed by atoms with Crippen LogP contribution in [0.3, 0.4) is 0 Å². The van der Waals surface area contributed by atoms with Gasteiger partial charge in [0.05, 0.1) is 16.9 Å². The van der Waals surface area contributed by atoms with E-state index >= 15 is 0 Å². The molecule has 1 N–H and O–H groups in total. The third kappa shape index (κ3) is 3.82. The predicted octanol–water partition coefficient (Wildman–Crippen LogP) is 3.36. The van der Waals surface area contributed by atoms with Gasteiger partial charge in [-0.15, -0.1) is 0 Å². The Kier molecular flexibility index (Phi) is 4.94. The molecule has 2 heterocycles. The fourth-order valence-corrected chi connectivity index (χ4v) is 3.01. The van der Waals surface area contributed by atoms with Crippen molar-refractivity contribution in [3.05, 3.63) is 41.3 Å². The van der Waals surface area contributed by atoms with Crippen molar-refractivity contribution in [2.24, 2.45) is 0 Å². The fourth-order valence-electron chi connectivity index (χ4n) is 2.81. The summed E-state index contributed by atoms with van der Waals surface area (Å²) in [7, 11) is 0. The lowest BCUT2D eigenvalue weighted by atomic mass is 10.1. The number of hydrogen-bond acceptors (Lipinski definition) is 4. The Morgan fingerprint density at radius 3 is 2.83 bits per heavy atom. The van der Waals surface area contributed by atoms with Gasteiger partial charge in [-0.2, -0.15) is 0 Å². The van der Waals surface area contributed by atoms with Crippen LogP contribution in [0.1, 0.15) is 19.8 Å². The Morgan fingerprint density at radius 1 is 1.38 bits per heavy atom. The Labute approximate surface area is 144 Å². The number of halogens is 2. The highest BCUT2D eigenvalue weighted by Crippen LogP contribution is 2.26. The van der Waals surface area contributed by atoms with E-state index in [-0.39, 0.29) is 17.8 Å². The van der Waals surface area contributed by atoms with Gasteiger partial charge in [-0.25, -0.2) is 14.4 Å². The molecule has 0 aliphatic carbocycles. The number of carbonyl (C=O) groups is 1. The summed E-state index contributed by atoms with van der Waals surface area (Å²) in [6.07, 6.45) is 3.42. The van der Waals surface area contributed by atoms with Crippen LogP contribution in [0.15, 0.2) is 30.5 Å². The predicted molar refractivity (Wildman–Crippen MR) is 91.3 cm³/mol. The number of benzene rings is 1. The van der Waals surface area contributed by atoms with Gasteiger partial charge in [0.25, 0.3) is 0 Å². The molecule has 1 saturated heterocycles. The molecule has 1 aliphatic rings. The number of piperidine rings is 1. The topological polar surface area (TPSA) is 58.1 Å². The molecule has 7 heteroatoms. The highest BCUT2D eigenvalue weighted by Gasteiger charge is 2.22. The van der Waals surface area contributed by atoms with Crippen LogP contribution in [0.2, 0.25) is 5.02 Å². The largest absolute Gasteiger partial charge is 0.350 e. The number of hydrogen-bond donors (Lipinski definition) is 1. The van der Waals surface area contributed by atoms with Gasteiger partial charge in [0.15, 0.2) is 0 Å². The van der Waals surface area contributed by atoms with Crippen molar-refractivity contribution >= 4 is 23.5 Å². The van der Waals surface area contributed by atoms with E-state index in [1.807, 2.05) is 4.90 Å². The zero-order valence-electron chi connectivity index (χ0n) is 13.3. The van der Waals surface area contributed by atoms with Crippen molar-refractivity contribution in [2.75, 3.05) is 18.4 Å². The molecule has 24 heavy (non-hydrogen) atoms. The van der Waals surface area contributed by atoms with Gasteiger partial charge in [-0.1, -0.05) is 11.6 Å². The van der Waals surface area contributed by atoms with Crippen molar-refractivity contribution in [2.45, 2.75) is 25.8 Å². The Bertz CT molecular complexity index is 738. The van der Waals surface area contributed by atoms with Gasteiger partial charge in [0, 0.05) is 31.6 Å². The third-order valence-corrected chi connectivity index (χ3v) is 4.34. The van der Waals surface area contributed by atoms with Crippen molar-refractivity contribution in [1.29, 1.82) is 0 Å². The van der Waals surface area contributed by atoms with Gasteiger partial charge in [-0.3, -0.25) is 4.79 Å². The molecular weight excluding hydrogens is 331 g/mol. The molecule has 2 aromatic rings. The molecule has 5 nitrogen and oxygen atoms in total. The number of rotatable bonds is 3. The first-order chi connectivity index (χ1) is 11.5. The summed E-state index contributed by atoms with van der Waals surface area (Å²) in [6.45, 7) is 3.00. The number of nitrogens with one attached hydrogen (secondary N) is 1. The maximum Gasteiger partial charge on any atom is 0.223 e. The number of aromatic nitrogens is 2. The second-order valence-electron chi connectivity index (χ2n) is 5.85. The Hall–Kier alpha value is -2.21. The second-order valence-corrected chi connectivity index (χ2v) is 6.25. The molecule has 1 fully saturated rings. The molecule has 0 radical (unpaired) electrons. The quantitative estimate of drug-likeness (QED) is 0.924. The molecule has 3 rings (SSSR count). The first-order valence-corrected chi connectivity index (χ1v) is 8.21. The number of amides is 1. The van der Waals surface area contributed by atoms with Crippen LogP contribution in [0, 0.1) is 5.82 Å². The van der Waals surface area contributed by atoms with Crippen LogP contribution in [0.4, 0.5) is 10.3 Å². The van der Waals surface area contributed by atoms with E-state index in [1.54, 1.807) is 19.1 Å². The molecule has 126 valence electrons. The highest BCUT2D eigenvalue weighted by atomic mass is 35.5. The Morgan fingerprint density at radius 2 is 2.12 bits per heavy atom. The van der Waals surface area contributed by atoms with Crippen LogP contribution < -0.4 is 5.32 Å². The fraction of sp³-hybridized carbons (Fsp3) is 0.353. The molecule has 1 unspecified atom stereocenters. The average Bonchev–Trinajstić information content (AvgIpc) is 2.58. The van der Waals surface area contributed by atoms with E-state index in [0.717, 1.165) is 24.9 Å². The number of carbonyl (C=O) groups excluding carboxylic acids is 1. The van der Waals surface area contributed by atoms with E-state index in [1.165, 1.54) is 18.3 Å². The van der Waals surface area contributed by atoms with Crippen LogP contribution in [-0.2, 0) is 4.79 Å². The van der Waals surface area contributed by atoms with Crippen LogP contribution in [0.25, 0.3) is 11.3 Å². The van der Waals surface area contributed by atoms with E-state index in [0.29, 0.717) is 23.2 Å². The number of likely N-dealkylation sites (tertiary alicyclic amines) is 1. The summed E-state index contributed by atoms with van der Waals surface area (Å²) in [5.41, 5.74) is 1.27. The minimum absolute atomic E-state index is 0.0746. The second kappa shape index (κ2) is 7.13. The van der Waals surface area contributed by atoms with E-state index in [4.69, 9.17) is 11.6 Å². The molecule has 1 amide bonds. The summed E-state index contributed by atoms with van der Waals surface area (Å²) in [6, 6.07) is 6.10. The highest BCUT2D eigenvalue weighted by molar-refractivity contribution is 6.32. The van der Waals surface area contributed by atoms with E-state index in [2.05, 4.69) is 15.3 Å². The van der Waals surface area contributed by atoms with Crippen molar-refractivity contribution in [1.82, 2.24) is 14.9 Å². The average molecular weight is 349 g/mol. The lowest BCUT2D eigenvalue weighted by molar-refractivity contribution is -0.129. The monoisotopic (exact) mass is 348 g/mol. The Balaban J connectivity index is 1.78. The summed E-state index contributed by atoms with van der Waals surface area (Å²) in [5.74, 6) is 0.216. The molecule has 0 bridgehead atoms. The van der Waals surface area contributed by atoms with Gasteiger partial charge in [0.2, 0.25) is 11.9 Å². The molecule has 1 aromatic heterocycles. The minimum Gasteiger partial charge on any atom is -0.350 e. The molecule has 0 saturated carbocycles. The minimum atomic E-state index is -0.311. The van der Waals surface area contributed by atoms with Crippen molar-refractivity contribution < 1.29 is 9.18 Å². The molecule has 1 atom stereocenters. The van der Waals surface area contributed by atoms with Crippen molar-refractivity contribution in [3.63, 3.8) is 0 Å². The lowest BCUT2D eigenvalue weighted by Crippen LogP contribution is -2.44. The molecular formula is C17H18ClFN4O. The number of anilines is 1. The van der Waals surface area contributed by atoms with Crippen LogP contribution in [-0.4, -0.2) is 39.9 Å². The molecule has 0 spiro atoms. The van der Waals surface area contributed by atoms with Gasteiger partial charge < -0.3 is 10.2 Å². The van der Waals surface area contributed by atoms with Crippen LogP contribution >= 0.6 is 11.6 Å². The van der Waals surface area contributed by atoms with Gasteiger partial charge in [0.1, 0.15) is 5.82 Å². The molecule has 1 aliphatic heterocycles. The van der Waals surface area contributed by atoms with Gasteiger partial charge in [-0.05, 0) is 37.1 Å². The smallest absolute Gasteiger partial charge is 0.223 e. The lowest BCUT2D eigenvalue weighted by Gasteiger charge is -2.32. The van der Waals surface area contributed by atoms with E-state index < -0.39 is 0 Å².